The van der Waals surface area contributed by atoms with E-state index in [0.29, 0.717) is 22.7 Å². The van der Waals surface area contributed by atoms with Gasteiger partial charge in [-0.05, 0) is 76.6 Å². The van der Waals surface area contributed by atoms with Crippen molar-refractivity contribution in [2.24, 2.45) is 0 Å². The second kappa shape index (κ2) is 13.8. The van der Waals surface area contributed by atoms with Crippen molar-refractivity contribution in [1.29, 1.82) is 0 Å². The summed E-state index contributed by atoms with van der Waals surface area (Å²) in [5.74, 6) is 0.250. The SMILES string of the molecule is COc1cccc(CN(C(=O)CN(c2ccc(C)cc2)S(=O)(=O)c2ccc(OC)c(OC)c2)[C@H](C)C(=O)NC(C)(C)C)c1. The number of methoxy groups -OCH3 is 3. The van der Waals surface area contributed by atoms with Gasteiger partial charge in [-0.15, -0.1) is 0 Å². The number of benzene rings is 3. The van der Waals surface area contributed by atoms with Crippen LogP contribution in [0.15, 0.2) is 71.6 Å². The quantitative estimate of drug-likeness (QED) is 0.320. The number of carbonyl (C=O) groups excluding carboxylic acids is 2. The largest absolute Gasteiger partial charge is 0.497 e. The molecule has 0 bridgehead atoms. The maximum Gasteiger partial charge on any atom is 0.264 e. The first-order chi connectivity index (χ1) is 20.2. The van der Waals surface area contributed by atoms with Crippen molar-refractivity contribution in [3.8, 4) is 17.2 Å². The molecule has 3 aromatic carbocycles. The summed E-state index contributed by atoms with van der Waals surface area (Å²) >= 11 is 0. The zero-order valence-electron chi connectivity index (χ0n) is 26.0. The summed E-state index contributed by atoms with van der Waals surface area (Å²) in [5, 5.41) is 2.92. The highest BCUT2D eigenvalue weighted by molar-refractivity contribution is 7.92. The number of ether oxygens (including phenoxy) is 3. The van der Waals surface area contributed by atoms with E-state index in [1.165, 1.54) is 37.3 Å². The average molecular weight is 612 g/mol. The van der Waals surface area contributed by atoms with Gasteiger partial charge in [-0.2, -0.15) is 0 Å². The first-order valence-corrected chi connectivity index (χ1v) is 15.2. The van der Waals surface area contributed by atoms with Crippen LogP contribution in [0.4, 0.5) is 5.69 Å². The second-order valence-electron chi connectivity index (χ2n) is 11.2. The van der Waals surface area contributed by atoms with Crippen molar-refractivity contribution < 1.29 is 32.2 Å². The Morgan fingerprint density at radius 1 is 0.884 bits per heavy atom. The molecule has 11 heteroatoms. The lowest BCUT2D eigenvalue weighted by Gasteiger charge is -2.33. The van der Waals surface area contributed by atoms with Gasteiger partial charge in [0.2, 0.25) is 11.8 Å². The van der Waals surface area contributed by atoms with Crippen molar-refractivity contribution in [2.75, 3.05) is 32.2 Å². The molecule has 1 atom stereocenters. The van der Waals surface area contributed by atoms with Crippen LogP contribution in [0.5, 0.6) is 17.2 Å². The maximum absolute atomic E-state index is 14.1. The van der Waals surface area contributed by atoms with Crippen LogP contribution in [0.2, 0.25) is 0 Å². The molecule has 1 N–H and O–H groups in total. The Balaban J connectivity index is 2.08. The van der Waals surface area contributed by atoms with Crippen LogP contribution < -0.4 is 23.8 Å². The molecule has 0 unspecified atom stereocenters. The summed E-state index contributed by atoms with van der Waals surface area (Å²) in [7, 11) is 0.128. The van der Waals surface area contributed by atoms with Gasteiger partial charge >= 0.3 is 0 Å². The minimum absolute atomic E-state index is 0.0485. The Kier molecular flexibility index (Phi) is 10.7. The summed E-state index contributed by atoms with van der Waals surface area (Å²) < 4.78 is 45.3. The van der Waals surface area contributed by atoms with E-state index in [1.54, 1.807) is 56.5 Å². The van der Waals surface area contributed by atoms with Crippen LogP contribution in [0.1, 0.15) is 38.8 Å². The van der Waals surface area contributed by atoms with Gasteiger partial charge in [-0.1, -0.05) is 29.8 Å². The van der Waals surface area contributed by atoms with Gasteiger partial charge in [0.25, 0.3) is 10.0 Å². The number of carbonyl (C=O) groups is 2. The fraction of sp³-hybridized carbons (Fsp3) is 0.375. The lowest BCUT2D eigenvalue weighted by Crippen LogP contribution is -2.54. The third kappa shape index (κ3) is 8.41. The molecule has 0 saturated heterocycles. The molecule has 3 rings (SSSR count). The van der Waals surface area contributed by atoms with Gasteiger partial charge in [-0.3, -0.25) is 13.9 Å². The van der Waals surface area contributed by atoms with Crippen LogP contribution in [0.25, 0.3) is 0 Å². The summed E-state index contributed by atoms with van der Waals surface area (Å²) in [6.45, 7) is 8.54. The first-order valence-electron chi connectivity index (χ1n) is 13.8. The zero-order chi connectivity index (χ0) is 31.9. The second-order valence-corrected chi connectivity index (χ2v) is 13.0. The molecule has 3 aromatic rings. The number of aryl methyl sites for hydroxylation is 1. The molecule has 0 radical (unpaired) electrons. The van der Waals surface area contributed by atoms with E-state index >= 15 is 0 Å². The standard InChI is InChI=1S/C32H41N3O7S/c1-22-12-14-25(15-13-22)35(43(38,39)27-16-17-28(41-7)29(19-27)42-8)21-30(36)34(23(2)31(37)33-32(3,4)5)20-24-10-9-11-26(18-24)40-6/h9-19,23H,20-21H2,1-8H3,(H,33,37)/t23-/m1/s1. The molecular formula is C32H41N3O7S. The number of amides is 2. The number of sulfonamides is 1. The molecule has 43 heavy (non-hydrogen) atoms. The van der Waals surface area contributed by atoms with Crippen molar-refractivity contribution in [3.05, 3.63) is 77.9 Å². The molecule has 0 aliphatic carbocycles. The van der Waals surface area contributed by atoms with Gasteiger partial charge in [-0.25, -0.2) is 8.42 Å². The Morgan fingerprint density at radius 2 is 1.53 bits per heavy atom. The monoisotopic (exact) mass is 611 g/mol. The minimum Gasteiger partial charge on any atom is -0.497 e. The maximum atomic E-state index is 14.1. The number of nitrogens with one attached hydrogen (secondary N) is 1. The summed E-state index contributed by atoms with van der Waals surface area (Å²) in [5.41, 5.74) is 1.39. The lowest BCUT2D eigenvalue weighted by molar-refractivity contribution is -0.140. The van der Waals surface area contributed by atoms with E-state index < -0.39 is 34.1 Å². The minimum atomic E-state index is -4.28. The molecule has 10 nitrogen and oxygen atoms in total. The molecule has 2 amide bonds. The predicted octanol–water partition coefficient (Wildman–Crippen LogP) is 4.55. The van der Waals surface area contributed by atoms with Crippen molar-refractivity contribution in [2.45, 2.75) is 57.6 Å². The van der Waals surface area contributed by atoms with Crippen molar-refractivity contribution in [3.63, 3.8) is 0 Å². The molecule has 232 valence electrons. The number of anilines is 1. The Labute approximate surface area is 254 Å². The van der Waals surface area contributed by atoms with E-state index in [2.05, 4.69) is 5.32 Å². The smallest absolute Gasteiger partial charge is 0.264 e. The zero-order valence-corrected chi connectivity index (χ0v) is 26.8. The van der Waals surface area contributed by atoms with E-state index in [1.807, 2.05) is 33.8 Å². The highest BCUT2D eigenvalue weighted by atomic mass is 32.2. The van der Waals surface area contributed by atoms with Crippen LogP contribution in [-0.4, -0.2) is 64.6 Å². The molecule has 0 saturated carbocycles. The van der Waals surface area contributed by atoms with Crippen molar-refractivity contribution >= 4 is 27.5 Å². The summed E-state index contributed by atoms with van der Waals surface area (Å²) in [4.78, 5) is 28.7. The van der Waals surface area contributed by atoms with Gasteiger partial charge < -0.3 is 24.4 Å². The van der Waals surface area contributed by atoms with E-state index in [-0.39, 0.29) is 23.1 Å². The van der Waals surface area contributed by atoms with Crippen LogP contribution in [0, 0.1) is 6.92 Å². The molecule has 0 aromatic heterocycles. The number of rotatable bonds is 12. The number of nitrogens with zero attached hydrogens (tertiary/aromatic N) is 2. The number of hydrogen-bond acceptors (Lipinski definition) is 7. The topological polar surface area (TPSA) is 114 Å². The van der Waals surface area contributed by atoms with E-state index in [4.69, 9.17) is 14.2 Å². The Morgan fingerprint density at radius 3 is 2.12 bits per heavy atom. The summed E-state index contributed by atoms with van der Waals surface area (Å²) in [6.07, 6.45) is 0. The third-order valence-electron chi connectivity index (χ3n) is 6.70. The molecule has 0 aliphatic heterocycles. The third-order valence-corrected chi connectivity index (χ3v) is 8.47. The number of hydrogen-bond donors (Lipinski definition) is 1. The first kappa shape index (κ1) is 33.3. The highest BCUT2D eigenvalue weighted by Gasteiger charge is 2.34. The fourth-order valence-corrected chi connectivity index (χ4v) is 5.80. The van der Waals surface area contributed by atoms with E-state index in [9.17, 15) is 18.0 Å². The van der Waals surface area contributed by atoms with Crippen LogP contribution in [-0.2, 0) is 26.2 Å². The van der Waals surface area contributed by atoms with E-state index in [0.717, 1.165) is 9.87 Å². The summed E-state index contributed by atoms with van der Waals surface area (Å²) in [6, 6.07) is 17.3. The normalized spacial score (nSPS) is 12.2. The van der Waals surface area contributed by atoms with Gasteiger partial charge in [0.15, 0.2) is 11.5 Å². The molecule has 0 aliphatic rings. The van der Waals surface area contributed by atoms with Crippen LogP contribution in [0.3, 0.4) is 0 Å². The fourth-order valence-electron chi connectivity index (χ4n) is 4.37. The molecule has 0 heterocycles. The molecule has 0 spiro atoms. The Bertz CT molecular complexity index is 1530. The van der Waals surface area contributed by atoms with Gasteiger partial charge in [0.05, 0.1) is 31.9 Å². The molecule has 0 fully saturated rings. The molecular weight excluding hydrogens is 570 g/mol. The Hall–Kier alpha value is -4.25. The average Bonchev–Trinajstić information content (AvgIpc) is 2.97. The lowest BCUT2D eigenvalue weighted by atomic mass is 10.1. The highest BCUT2D eigenvalue weighted by Crippen LogP contribution is 2.32. The van der Waals surface area contributed by atoms with Crippen LogP contribution >= 0.6 is 0 Å². The van der Waals surface area contributed by atoms with Gasteiger partial charge in [0, 0.05) is 18.2 Å². The van der Waals surface area contributed by atoms with Gasteiger partial charge in [0.1, 0.15) is 18.3 Å². The predicted molar refractivity (Wildman–Crippen MR) is 166 cm³/mol. The van der Waals surface area contributed by atoms with Crippen molar-refractivity contribution in [1.82, 2.24) is 10.2 Å².